The van der Waals surface area contributed by atoms with Crippen molar-refractivity contribution in [3.8, 4) is 0 Å². The van der Waals surface area contributed by atoms with Gasteiger partial charge in [-0.25, -0.2) is 0 Å². The first-order chi connectivity index (χ1) is 7.65. The number of thioether (sulfide) groups is 1. The molecule has 1 unspecified atom stereocenters. The minimum Gasteiger partial charge on any atom is -0.352 e. The van der Waals surface area contributed by atoms with Gasteiger partial charge in [0.15, 0.2) is 0 Å². The summed E-state index contributed by atoms with van der Waals surface area (Å²) in [6.07, 6.45) is 6.24. The van der Waals surface area contributed by atoms with E-state index in [0.717, 1.165) is 19.5 Å². The SMILES string of the molecule is CCC(CC)(CNCC1CCC(=O)N1)SC. The van der Waals surface area contributed by atoms with E-state index < -0.39 is 0 Å². The highest BCUT2D eigenvalue weighted by Crippen LogP contribution is 2.29. The van der Waals surface area contributed by atoms with E-state index in [9.17, 15) is 4.79 Å². The van der Waals surface area contributed by atoms with Crippen molar-refractivity contribution < 1.29 is 4.79 Å². The Morgan fingerprint density at radius 1 is 1.50 bits per heavy atom. The van der Waals surface area contributed by atoms with E-state index in [1.54, 1.807) is 0 Å². The minimum absolute atomic E-state index is 0.203. The maximum Gasteiger partial charge on any atom is 0.220 e. The normalized spacial score (nSPS) is 21.2. The van der Waals surface area contributed by atoms with Gasteiger partial charge in [-0.1, -0.05) is 13.8 Å². The fourth-order valence-electron chi connectivity index (χ4n) is 2.17. The first kappa shape index (κ1) is 13.8. The molecule has 2 N–H and O–H groups in total. The molecule has 1 aliphatic rings. The predicted octanol–water partition coefficient (Wildman–Crippen LogP) is 1.78. The van der Waals surface area contributed by atoms with Crippen LogP contribution in [0.5, 0.6) is 0 Å². The van der Waals surface area contributed by atoms with Crippen molar-refractivity contribution in [3.63, 3.8) is 0 Å². The van der Waals surface area contributed by atoms with Gasteiger partial charge in [0.05, 0.1) is 0 Å². The summed E-state index contributed by atoms with van der Waals surface area (Å²) in [5, 5.41) is 6.49. The van der Waals surface area contributed by atoms with E-state index >= 15 is 0 Å². The number of hydrogen-bond acceptors (Lipinski definition) is 3. The van der Waals surface area contributed by atoms with Crippen LogP contribution in [0.1, 0.15) is 39.5 Å². The van der Waals surface area contributed by atoms with Gasteiger partial charge in [-0.2, -0.15) is 11.8 Å². The summed E-state index contributed by atoms with van der Waals surface area (Å²) in [6, 6.07) is 0.348. The highest BCUT2D eigenvalue weighted by atomic mass is 32.2. The predicted molar refractivity (Wildman–Crippen MR) is 70.9 cm³/mol. The topological polar surface area (TPSA) is 41.1 Å². The summed E-state index contributed by atoms with van der Waals surface area (Å²) in [5.41, 5.74) is 0. The average molecular weight is 244 g/mol. The van der Waals surface area contributed by atoms with Gasteiger partial charge < -0.3 is 10.6 Å². The molecule has 1 rings (SSSR count). The minimum atomic E-state index is 0.203. The second kappa shape index (κ2) is 6.50. The zero-order chi connectivity index (χ0) is 12.0. The molecule has 0 saturated carbocycles. The molecule has 0 aliphatic carbocycles. The van der Waals surface area contributed by atoms with Crippen LogP contribution in [0.2, 0.25) is 0 Å². The Morgan fingerprint density at radius 3 is 2.62 bits per heavy atom. The van der Waals surface area contributed by atoms with Crippen LogP contribution in [0, 0.1) is 0 Å². The third kappa shape index (κ3) is 3.67. The fraction of sp³-hybridized carbons (Fsp3) is 0.917. The summed E-state index contributed by atoms with van der Waals surface area (Å²) in [6.45, 7) is 6.44. The van der Waals surface area contributed by atoms with Crippen LogP contribution in [-0.2, 0) is 4.79 Å². The maximum atomic E-state index is 11.0. The van der Waals surface area contributed by atoms with Crippen LogP contribution in [-0.4, -0.2) is 36.0 Å². The number of nitrogens with one attached hydrogen (secondary N) is 2. The molecule has 0 aromatic heterocycles. The molecule has 1 amide bonds. The van der Waals surface area contributed by atoms with Gasteiger partial charge >= 0.3 is 0 Å². The first-order valence-electron chi connectivity index (χ1n) is 6.21. The van der Waals surface area contributed by atoms with Crippen LogP contribution < -0.4 is 10.6 Å². The van der Waals surface area contributed by atoms with Crippen molar-refractivity contribution in [2.45, 2.75) is 50.3 Å². The molecule has 0 bridgehead atoms. The van der Waals surface area contributed by atoms with E-state index in [-0.39, 0.29) is 5.91 Å². The largest absolute Gasteiger partial charge is 0.352 e. The van der Waals surface area contributed by atoms with E-state index in [1.807, 2.05) is 11.8 Å². The zero-order valence-corrected chi connectivity index (χ0v) is 11.5. The highest BCUT2D eigenvalue weighted by Gasteiger charge is 2.26. The van der Waals surface area contributed by atoms with Crippen LogP contribution in [0.25, 0.3) is 0 Å². The monoisotopic (exact) mass is 244 g/mol. The van der Waals surface area contributed by atoms with Crippen molar-refractivity contribution in [1.82, 2.24) is 10.6 Å². The molecular formula is C12H24N2OS. The number of hydrogen-bond donors (Lipinski definition) is 2. The van der Waals surface area contributed by atoms with Gasteiger partial charge in [0.25, 0.3) is 0 Å². The van der Waals surface area contributed by atoms with Gasteiger partial charge in [-0.3, -0.25) is 4.79 Å². The quantitative estimate of drug-likeness (QED) is 0.717. The van der Waals surface area contributed by atoms with Crippen molar-refractivity contribution in [2.75, 3.05) is 19.3 Å². The lowest BCUT2D eigenvalue weighted by atomic mass is 10.0. The van der Waals surface area contributed by atoms with Crippen LogP contribution in [0.3, 0.4) is 0 Å². The molecule has 1 aliphatic heterocycles. The molecule has 1 heterocycles. The van der Waals surface area contributed by atoms with E-state index in [2.05, 4.69) is 30.7 Å². The van der Waals surface area contributed by atoms with Crippen molar-refractivity contribution >= 4 is 17.7 Å². The summed E-state index contributed by atoms with van der Waals surface area (Å²) in [7, 11) is 0. The average Bonchev–Trinajstić information content (AvgIpc) is 2.71. The number of carbonyl (C=O) groups is 1. The third-order valence-corrected chi connectivity index (χ3v) is 5.23. The molecule has 0 aromatic carbocycles. The molecule has 0 radical (unpaired) electrons. The number of rotatable bonds is 7. The highest BCUT2D eigenvalue weighted by molar-refractivity contribution is 8.00. The van der Waals surface area contributed by atoms with Crippen LogP contribution in [0.15, 0.2) is 0 Å². The van der Waals surface area contributed by atoms with Gasteiger partial charge in [-0.15, -0.1) is 0 Å². The van der Waals surface area contributed by atoms with Crippen LogP contribution >= 0.6 is 11.8 Å². The molecule has 1 atom stereocenters. The Kier molecular flexibility index (Phi) is 5.62. The molecule has 1 saturated heterocycles. The summed E-state index contributed by atoms with van der Waals surface area (Å²) in [5.74, 6) is 0.203. The van der Waals surface area contributed by atoms with Crippen LogP contribution in [0.4, 0.5) is 0 Å². The Balaban J connectivity index is 2.25. The van der Waals surface area contributed by atoms with Crippen molar-refractivity contribution in [2.24, 2.45) is 0 Å². The zero-order valence-electron chi connectivity index (χ0n) is 10.6. The van der Waals surface area contributed by atoms with E-state index in [4.69, 9.17) is 0 Å². The Labute approximate surface area is 103 Å². The summed E-state index contributed by atoms with van der Waals surface area (Å²) < 4.78 is 0.364. The lowest BCUT2D eigenvalue weighted by Gasteiger charge is -2.30. The maximum absolute atomic E-state index is 11.0. The number of carbonyl (C=O) groups excluding carboxylic acids is 1. The Morgan fingerprint density at radius 2 is 2.19 bits per heavy atom. The van der Waals surface area contributed by atoms with E-state index in [0.29, 0.717) is 17.2 Å². The summed E-state index contributed by atoms with van der Waals surface area (Å²) >= 11 is 1.95. The molecule has 4 heteroatoms. The molecular weight excluding hydrogens is 220 g/mol. The van der Waals surface area contributed by atoms with Gasteiger partial charge in [0.2, 0.25) is 5.91 Å². The van der Waals surface area contributed by atoms with Gasteiger partial charge in [0, 0.05) is 30.3 Å². The van der Waals surface area contributed by atoms with Gasteiger partial charge in [-0.05, 0) is 25.5 Å². The molecule has 1 fully saturated rings. The standard InChI is InChI=1S/C12H24N2OS/c1-4-12(5-2,16-3)9-13-8-10-6-7-11(15)14-10/h10,13H,4-9H2,1-3H3,(H,14,15). The molecule has 0 aromatic rings. The Hall–Kier alpha value is -0.220. The fourth-order valence-corrected chi connectivity index (χ4v) is 2.99. The lowest BCUT2D eigenvalue weighted by molar-refractivity contribution is -0.119. The summed E-state index contributed by atoms with van der Waals surface area (Å²) in [4.78, 5) is 11.0. The molecule has 3 nitrogen and oxygen atoms in total. The third-order valence-electron chi connectivity index (χ3n) is 3.64. The van der Waals surface area contributed by atoms with Crippen molar-refractivity contribution in [1.29, 1.82) is 0 Å². The van der Waals surface area contributed by atoms with Gasteiger partial charge in [0.1, 0.15) is 0 Å². The molecule has 16 heavy (non-hydrogen) atoms. The molecule has 94 valence electrons. The molecule has 0 spiro atoms. The first-order valence-corrected chi connectivity index (χ1v) is 7.43. The second-order valence-corrected chi connectivity index (χ2v) is 5.80. The number of amides is 1. The van der Waals surface area contributed by atoms with E-state index in [1.165, 1.54) is 12.8 Å². The lowest BCUT2D eigenvalue weighted by Crippen LogP contribution is -2.42. The second-order valence-electron chi connectivity index (χ2n) is 4.53. The smallest absolute Gasteiger partial charge is 0.220 e. The Bertz CT molecular complexity index is 221. The van der Waals surface area contributed by atoms with Crippen molar-refractivity contribution in [3.05, 3.63) is 0 Å².